The van der Waals surface area contributed by atoms with Crippen LogP contribution in [0.25, 0.3) is 32.6 Å². The summed E-state index contributed by atoms with van der Waals surface area (Å²) >= 11 is 1.61. The molecule has 9 heteroatoms. The second-order valence-electron chi connectivity index (χ2n) is 7.67. The SMILES string of the molecule is c1nc2c(-c3cn[nH]c3)ccc(-c3cnc(N4CCNC(C5CC5)C4)nn3)c2s1. The molecule has 0 spiro atoms. The molecule has 1 unspecified atom stereocenters. The van der Waals surface area contributed by atoms with Gasteiger partial charge in [-0.3, -0.25) is 5.10 Å². The van der Waals surface area contributed by atoms with Crippen molar-refractivity contribution in [2.75, 3.05) is 24.5 Å². The standard InChI is InChI=1S/C20H20N8S/c1-2-12(1)17-10-28(6-5-21-17)20-22-9-16(26-27-20)15-4-3-14(13-7-24-25-8-13)18-19(15)29-11-23-18/h3-4,7-9,11-12,17,21H,1-2,5-6,10H2,(H,24,25). The topological polar surface area (TPSA) is 95.5 Å². The Morgan fingerprint density at radius 3 is 2.79 bits per heavy atom. The van der Waals surface area contributed by atoms with Crippen LogP contribution >= 0.6 is 11.3 Å². The first kappa shape index (κ1) is 17.0. The van der Waals surface area contributed by atoms with Crippen LogP contribution in [0.2, 0.25) is 0 Å². The van der Waals surface area contributed by atoms with Crippen molar-refractivity contribution in [3.63, 3.8) is 0 Å². The van der Waals surface area contributed by atoms with Crippen molar-refractivity contribution in [1.82, 2.24) is 35.7 Å². The van der Waals surface area contributed by atoms with Crippen molar-refractivity contribution in [2.45, 2.75) is 18.9 Å². The quantitative estimate of drug-likeness (QED) is 0.540. The Bertz CT molecular complexity index is 1130. The number of nitrogens with zero attached hydrogens (tertiary/aromatic N) is 6. The Morgan fingerprint density at radius 2 is 2.00 bits per heavy atom. The summed E-state index contributed by atoms with van der Waals surface area (Å²) in [6.45, 7) is 2.86. The Hall–Kier alpha value is -2.91. The molecule has 1 saturated heterocycles. The van der Waals surface area contributed by atoms with Crippen molar-refractivity contribution >= 4 is 27.5 Å². The lowest BCUT2D eigenvalue weighted by Gasteiger charge is -2.33. The molecule has 146 valence electrons. The van der Waals surface area contributed by atoms with Gasteiger partial charge in [0.25, 0.3) is 0 Å². The summed E-state index contributed by atoms with van der Waals surface area (Å²) in [6, 6.07) is 4.69. The summed E-state index contributed by atoms with van der Waals surface area (Å²) in [5.74, 6) is 1.54. The van der Waals surface area contributed by atoms with Gasteiger partial charge in [0.1, 0.15) is 5.69 Å². The van der Waals surface area contributed by atoms with Gasteiger partial charge in [0.2, 0.25) is 5.95 Å². The van der Waals surface area contributed by atoms with Gasteiger partial charge in [-0.05, 0) is 18.8 Å². The first-order valence-electron chi connectivity index (χ1n) is 9.90. The number of hydrogen-bond acceptors (Lipinski definition) is 8. The number of benzene rings is 1. The summed E-state index contributed by atoms with van der Waals surface area (Å²) in [5, 5.41) is 19.5. The minimum Gasteiger partial charge on any atom is -0.337 e. The van der Waals surface area contributed by atoms with Crippen molar-refractivity contribution in [3.05, 3.63) is 36.2 Å². The van der Waals surface area contributed by atoms with Crippen LogP contribution < -0.4 is 10.2 Å². The molecule has 1 aromatic carbocycles. The average molecular weight is 405 g/mol. The van der Waals surface area contributed by atoms with Crippen LogP contribution in [0.4, 0.5) is 5.95 Å². The van der Waals surface area contributed by atoms with E-state index >= 15 is 0 Å². The van der Waals surface area contributed by atoms with Crippen LogP contribution in [0, 0.1) is 5.92 Å². The zero-order chi connectivity index (χ0) is 19.2. The monoisotopic (exact) mass is 404 g/mol. The number of hydrogen-bond donors (Lipinski definition) is 2. The number of anilines is 1. The van der Waals surface area contributed by atoms with Crippen molar-refractivity contribution in [3.8, 4) is 22.4 Å². The van der Waals surface area contributed by atoms with E-state index in [4.69, 9.17) is 0 Å². The Morgan fingerprint density at radius 1 is 1.07 bits per heavy atom. The normalized spacial score (nSPS) is 19.7. The zero-order valence-corrected chi connectivity index (χ0v) is 16.6. The predicted octanol–water partition coefficient (Wildman–Crippen LogP) is 2.73. The smallest absolute Gasteiger partial charge is 0.245 e. The Labute approximate surface area is 171 Å². The number of fused-ring (bicyclic) bond motifs is 1. The molecule has 1 atom stereocenters. The fourth-order valence-corrected chi connectivity index (χ4v) is 4.93. The van der Waals surface area contributed by atoms with Gasteiger partial charge in [0.15, 0.2) is 0 Å². The number of aromatic amines is 1. The van der Waals surface area contributed by atoms with E-state index in [1.165, 1.54) is 12.8 Å². The van der Waals surface area contributed by atoms with Gasteiger partial charge >= 0.3 is 0 Å². The van der Waals surface area contributed by atoms with Gasteiger partial charge < -0.3 is 10.2 Å². The number of H-pyrrole nitrogens is 1. The average Bonchev–Trinajstić information content (AvgIpc) is 3.26. The van der Waals surface area contributed by atoms with Crippen LogP contribution in [0.1, 0.15) is 12.8 Å². The summed E-state index contributed by atoms with van der Waals surface area (Å²) in [5.41, 5.74) is 6.69. The minimum absolute atomic E-state index is 0.555. The van der Waals surface area contributed by atoms with Gasteiger partial charge in [-0.15, -0.1) is 21.5 Å². The Balaban J connectivity index is 1.31. The molecule has 0 amide bonds. The lowest BCUT2D eigenvalue weighted by molar-refractivity contribution is 0.414. The molecule has 6 rings (SSSR count). The molecule has 2 N–H and O–H groups in total. The van der Waals surface area contributed by atoms with E-state index in [1.54, 1.807) is 11.3 Å². The molecule has 2 fully saturated rings. The summed E-state index contributed by atoms with van der Waals surface area (Å²) in [6.07, 6.45) is 8.20. The number of thiazole rings is 1. The lowest BCUT2D eigenvalue weighted by Crippen LogP contribution is -2.52. The van der Waals surface area contributed by atoms with Crippen LogP contribution in [0.3, 0.4) is 0 Å². The highest BCUT2D eigenvalue weighted by Gasteiger charge is 2.34. The fourth-order valence-electron chi connectivity index (χ4n) is 4.09. The number of nitrogens with one attached hydrogen (secondary N) is 2. The molecule has 4 aromatic rings. The van der Waals surface area contributed by atoms with Crippen LogP contribution in [-0.4, -0.2) is 56.0 Å². The summed E-state index contributed by atoms with van der Waals surface area (Å²) in [4.78, 5) is 11.5. The van der Waals surface area contributed by atoms with Gasteiger partial charge in [-0.1, -0.05) is 12.1 Å². The van der Waals surface area contributed by atoms with Crippen molar-refractivity contribution in [2.24, 2.45) is 5.92 Å². The lowest BCUT2D eigenvalue weighted by atomic mass is 10.0. The van der Waals surface area contributed by atoms with Crippen molar-refractivity contribution in [1.29, 1.82) is 0 Å². The fraction of sp³-hybridized carbons (Fsp3) is 0.350. The number of rotatable bonds is 4. The minimum atomic E-state index is 0.555. The molecular formula is C20H20N8S. The first-order chi connectivity index (χ1) is 14.4. The second kappa shape index (κ2) is 6.85. The van der Waals surface area contributed by atoms with Crippen LogP contribution in [0.15, 0.2) is 36.2 Å². The summed E-state index contributed by atoms with van der Waals surface area (Å²) in [7, 11) is 0. The van der Waals surface area contributed by atoms with E-state index in [9.17, 15) is 0 Å². The van der Waals surface area contributed by atoms with Crippen molar-refractivity contribution < 1.29 is 0 Å². The Kier molecular flexibility index (Phi) is 4.02. The molecule has 2 aliphatic rings. The maximum Gasteiger partial charge on any atom is 0.245 e. The molecule has 1 saturated carbocycles. The largest absolute Gasteiger partial charge is 0.337 e. The van der Waals surface area contributed by atoms with Gasteiger partial charge in [-0.25, -0.2) is 9.97 Å². The third-order valence-corrected chi connectivity index (χ3v) is 6.66. The number of piperazine rings is 1. The zero-order valence-electron chi connectivity index (χ0n) is 15.7. The maximum absolute atomic E-state index is 4.65. The third-order valence-electron chi connectivity index (χ3n) is 5.80. The molecule has 1 aliphatic heterocycles. The van der Waals surface area contributed by atoms with Gasteiger partial charge in [0.05, 0.1) is 28.1 Å². The highest BCUT2D eigenvalue weighted by molar-refractivity contribution is 7.17. The van der Waals surface area contributed by atoms with E-state index < -0.39 is 0 Å². The van der Waals surface area contributed by atoms with E-state index in [0.29, 0.717) is 6.04 Å². The van der Waals surface area contributed by atoms with E-state index in [-0.39, 0.29) is 0 Å². The van der Waals surface area contributed by atoms with Crippen LogP contribution in [-0.2, 0) is 0 Å². The molecule has 29 heavy (non-hydrogen) atoms. The van der Waals surface area contributed by atoms with E-state index in [2.05, 4.69) is 52.7 Å². The van der Waals surface area contributed by atoms with Gasteiger partial charge in [-0.2, -0.15) is 5.10 Å². The van der Waals surface area contributed by atoms with E-state index in [0.717, 1.165) is 64.1 Å². The molecule has 8 nitrogen and oxygen atoms in total. The number of aromatic nitrogens is 6. The highest BCUT2D eigenvalue weighted by atomic mass is 32.1. The maximum atomic E-state index is 4.65. The molecule has 1 aliphatic carbocycles. The van der Waals surface area contributed by atoms with Crippen LogP contribution in [0.5, 0.6) is 0 Å². The molecule has 0 radical (unpaired) electrons. The third kappa shape index (κ3) is 3.06. The first-order valence-corrected chi connectivity index (χ1v) is 10.8. The molecule has 4 heterocycles. The predicted molar refractivity (Wildman–Crippen MR) is 113 cm³/mol. The summed E-state index contributed by atoms with van der Waals surface area (Å²) < 4.78 is 1.09. The molecule has 3 aromatic heterocycles. The molecule has 0 bridgehead atoms. The van der Waals surface area contributed by atoms with Gasteiger partial charge in [0, 0.05) is 48.6 Å². The second-order valence-corrected chi connectivity index (χ2v) is 8.52. The van der Waals surface area contributed by atoms with E-state index in [1.807, 2.05) is 24.1 Å². The highest BCUT2D eigenvalue weighted by Crippen LogP contribution is 2.36. The molecular weight excluding hydrogens is 384 g/mol.